The number of aliphatic carboxylic acids is 1. The molecule has 2 amide bonds. The highest BCUT2D eigenvalue weighted by molar-refractivity contribution is 5.87. The van der Waals surface area contributed by atoms with Crippen LogP contribution in [0, 0.1) is 18.8 Å². The molecule has 24 heavy (non-hydrogen) atoms. The summed E-state index contributed by atoms with van der Waals surface area (Å²) in [6.07, 6.45) is 2.44. The van der Waals surface area contributed by atoms with Crippen molar-refractivity contribution in [3.8, 4) is 5.75 Å². The van der Waals surface area contributed by atoms with Crippen molar-refractivity contribution in [1.82, 2.24) is 10.9 Å². The molecule has 7 nitrogen and oxygen atoms in total. The molecular formula is C17H21N2O5-. The van der Waals surface area contributed by atoms with Crippen molar-refractivity contribution in [1.29, 1.82) is 0 Å². The van der Waals surface area contributed by atoms with E-state index in [1.807, 2.05) is 19.1 Å². The first kappa shape index (κ1) is 17.8. The average Bonchev–Trinajstić information content (AvgIpc) is 2.59. The number of carbonyl (C=O) groups excluding carboxylic acids is 3. The van der Waals surface area contributed by atoms with Crippen LogP contribution in [-0.2, 0) is 14.4 Å². The smallest absolute Gasteiger partial charge is 0.276 e. The summed E-state index contributed by atoms with van der Waals surface area (Å²) in [7, 11) is 0. The van der Waals surface area contributed by atoms with Gasteiger partial charge in [0.1, 0.15) is 5.75 Å². The van der Waals surface area contributed by atoms with E-state index in [9.17, 15) is 19.5 Å². The third kappa shape index (κ3) is 4.97. The van der Waals surface area contributed by atoms with E-state index < -0.39 is 29.6 Å². The summed E-state index contributed by atoms with van der Waals surface area (Å²) in [5.74, 6) is -3.19. The summed E-state index contributed by atoms with van der Waals surface area (Å²) in [5.41, 5.74) is 5.59. The summed E-state index contributed by atoms with van der Waals surface area (Å²) >= 11 is 0. The Balaban J connectivity index is 1.77. The Morgan fingerprint density at radius 3 is 2.33 bits per heavy atom. The normalized spacial score (nSPS) is 20.0. The van der Waals surface area contributed by atoms with E-state index in [-0.39, 0.29) is 6.61 Å². The molecule has 1 aliphatic carbocycles. The zero-order chi connectivity index (χ0) is 17.5. The molecule has 1 aromatic carbocycles. The number of carboxylic acid groups (broad SMARTS) is 1. The second kappa shape index (κ2) is 8.33. The molecule has 1 fully saturated rings. The van der Waals surface area contributed by atoms with Gasteiger partial charge in [-0.25, -0.2) is 0 Å². The van der Waals surface area contributed by atoms with Gasteiger partial charge in [0.25, 0.3) is 5.91 Å². The highest BCUT2D eigenvalue weighted by Gasteiger charge is 2.31. The lowest BCUT2D eigenvalue weighted by Gasteiger charge is -2.31. The van der Waals surface area contributed by atoms with E-state index in [1.165, 1.54) is 0 Å². The SMILES string of the molecule is Cc1ccc(OCC(=O)NNC(=O)[C@@H]2CCCC[C@H]2C(=O)[O-])cc1. The Morgan fingerprint density at radius 2 is 1.71 bits per heavy atom. The van der Waals surface area contributed by atoms with Crippen molar-refractivity contribution < 1.29 is 24.2 Å². The Morgan fingerprint density at radius 1 is 1.08 bits per heavy atom. The molecule has 0 spiro atoms. The monoisotopic (exact) mass is 333 g/mol. The van der Waals surface area contributed by atoms with Gasteiger partial charge in [-0.15, -0.1) is 0 Å². The Hall–Kier alpha value is -2.57. The molecule has 0 aliphatic heterocycles. The Kier molecular flexibility index (Phi) is 6.17. The zero-order valence-electron chi connectivity index (χ0n) is 13.5. The fourth-order valence-corrected chi connectivity index (χ4v) is 2.77. The van der Waals surface area contributed by atoms with Gasteiger partial charge in [0, 0.05) is 17.8 Å². The minimum atomic E-state index is -1.22. The standard InChI is InChI=1S/C17H22N2O5/c1-11-6-8-12(9-7-11)24-10-15(20)18-19-16(21)13-4-2-3-5-14(13)17(22)23/h6-9,13-14H,2-5,10H2,1H3,(H,18,20)(H,19,21)(H,22,23)/p-1/t13-,14-/m1/s1. The minimum absolute atomic E-state index is 0.252. The van der Waals surface area contributed by atoms with Gasteiger partial charge in [-0.3, -0.25) is 20.4 Å². The van der Waals surface area contributed by atoms with Crippen molar-refractivity contribution in [3.63, 3.8) is 0 Å². The molecular weight excluding hydrogens is 312 g/mol. The lowest BCUT2D eigenvalue weighted by Crippen LogP contribution is -2.50. The number of aryl methyl sites for hydroxylation is 1. The van der Waals surface area contributed by atoms with Crippen LogP contribution in [0.25, 0.3) is 0 Å². The van der Waals surface area contributed by atoms with Crippen LogP contribution in [0.3, 0.4) is 0 Å². The molecule has 130 valence electrons. The van der Waals surface area contributed by atoms with Crippen molar-refractivity contribution in [2.45, 2.75) is 32.6 Å². The number of hydrazine groups is 1. The number of hydrogen-bond donors (Lipinski definition) is 2. The number of ether oxygens (including phenoxy) is 1. The van der Waals surface area contributed by atoms with E-state index in [2.05, 4.69) is 10.9 Å². The van der Waals surface area contributed by atoms with Crippen LogP contribution in [0.5, 0.6) is 5.75 Å². The minimum Gasteiger partial charge on any atom is -0.550 e. The first-order valence-corrected chi connectivity index (χ1v) is 7.96. The summed E-state index contributed by atoms with van der Waals surface area (Å²) in [6.45, 7) is 1.69. The molecule has 1 aromatic rings. The van der Waals surface area contributed by atoms with Crippen LogP contribution in [0.1, 0.15) is 31.2 Å². The quantitative estimate of drug-likeness (QED) is 0.742. The second-order valence-electron chi connectivity index (χ2n) is 5.96. The molecule has 0 bridgehead atoms. The van der Waals surface area contributed by atoms with Crippen molar-refractivity contribution >= 4 is 17.8 Å². The van der Waals surface area contributed by atoms with Crippen LogP contribution in [-0.4, -0.2) is 24.4 Å². The summed E-state index contributed by atoms with van der Waals surface area (Å²) in [5, 5.41) is 11.1. The maximum Gasteiger partial charge on any atom is 0.276 e. The van der Waals surface area contributed by atoms with Gasteiger partial charge < -0.3 is 14.6 Å². The highest BCUT2D eigenvalue weighted by Crippen LogP contribution is 2.29. The molecule has 0 radical (unpaired) electrons. The lowest BCUT2D eigenvalue weighted by molar-refractivity contribution is -0.314. The molecule has 7 heteroatoms. The number of rotatable bonds is 5. The van der Waals surface area contributed by atoms with Crippen LogP contribution >= 0.6 is 0 Å². The number of hydrogen-bond acceptors (Lipinski definition) is 5. The largest absolute Gasteiger partial charge is 0.550 e. The third-order valence-electron chi connectivity index (χ3n) is 4.12. The van der Waals surface area contributed by atoms with Gasteiger partial charge in [-0.2, -0.15) is 0 Å². The summed E-state index contributed by atoms with van der Waals surface area (Å²) < 4.78 is 5.29. The van der Waals surface area contributed by atoms with Crippen LogP contribution in [0.4, 0.5) is 0 Å². The van der Waals surface area contributed by atoms with Crippen LogP contribution in [0.2, 0.25) is 0 Å². The average molecular weight is 333 g/mol. The topological polar surface area (TPSA) is 108 Å². The molecule has 0 saturated heterocycles. The molecule has 0 heterocycles. The van der Waals surface area contributed by atoms with Gasteiger partial charge in [-0.05, 0) is 31.9 Å². The van der Waals surface area contributed by atoms with Crippen molar-refractivity contribution in [2.24, 2.45) is 11.8 Å². The van der Waals surface area contributed by atoms with E-state index >= 15 is 0 Å². The first-order valence-electron chi connectivity index (χ1n) is 7.96. The zero-order valence-corrected chi connectivity index (χ0v) is 13.5. The molecule has 1 saturated carbocycles. The number of nitrogens with one attached hydrogen (secondary N) is 2. The predicted octanol–water partition coefficient (Wildman–Crippen LogP) is 0.0775. The maximum atomic E-state index is 12.1. The molecule has 2 N–H and O–H groups in total. The molecule has 2 atom stereocenters. The molecule has 1 aliphatic rings. The lowest BCUT2D eigenvalue weighted by atomic mass is 9.79. The molecule has 0 unspecified atom stereocenters. The maximum absolute atomic E-state index is 12.1. The van der Waals surface area contributed by atoms with E-state index in [1.54, 1.807) is 12.1 Å². The van der Waals surface area contributed by atoms with Gasteiger partial charge in [0.2, 0.25) is 5.91 Å². The highest BCUT2D eigenvalue weighted by atomic mass is 16.5. The number of carboxylic acids is 1. The number of amides is 2. The number of carbonyl (C=O) groups is 3. The fourth-order valence-electron chi connectivity index (χ4n) is 2.77. The predicted molar refractivity (Wildman–Crippen MR) is 83.4 cm³/mol. The van der Waals surface area contributed by atoms with Crippen molar-refractivity contribution in [2.75, 3.05) is 6.61 Å². The summed E-state index contributed by atoms with van der Waals surface area (Å²) in [4.78, 5) is 34.9. The summed E-state index contributed by atoms with van der Waals surface area (Å²) in [6, 6.07) is 7.21. The van der Waals surface area contributed by atoms with Crippen molar-refractivity contribution in [3.05, 3.63) is 29.8 Å². The van der Waals surface area contributed by atoms with E-state index in [0.717, 1.165) is 18.4 Å². The van der Waals surface area contributed by atoms with Gasteiger partial charge in [0.05, 0.1) is 0 Å². The molecule has 0 aromatic heterocycles. The van der Waals surface area contributed by atoms with Crippen LogP contribution < -0.4 is 20.7 Å². The first-order chi connectivity index (χ1) is 11.5. The van der Waals surface area contributed by atoms with Gasteiger partial charge in [-0.1, -0.05) is 30.5 Å². The number of benzene rings is 1. The van der Waals surface area contributed by atoms with Gasteiger partial charge >= 0.3 is 0 Å². The second-order valence-corrected chi connectivity index (χ2v) is 5.96. The van der Waals surface area contributed by atoms with Crippen LogP contribution in [0.15, 0.2) is 24.3 Å². The fraction of sp³-hybridized carbons (Fsp3) is 0.471. The van der Waals surface area contributed by atoms with E-state index in [4.69, 9.17) is 4.74 Å². The Bertz CT molecular complexity index is 600. The van der Waals surface area contributed by atoms with E-state index in [0.29, 0.717) is 18.6 Å². The molecule has 2 rings (SSSR count). The third-order valence-corrected chi connectivity index (χ3v) is 4.12. The van der Waals surface area contributed by atoms with Gasteiger partial charge in [0.15, 0.2) is 6.61 Å². The Labute approximate surface area is 140 Å².